The zero-order chi connectivity index (χ0) is 19.7. The Morgan fingerprint density at radius 2 is 1.82 bits per heavy atom. The highest BCUT2D eigenvalue weighted by Crippen LogP contribution is 2.25. The number of benzene rings is 2. The van der Waals surface area contributed by atoms with Gasteiger partial charge < -0.3 is 9.64 Å². The number of nitrogens with zero attached hydrogens (tertiary/aromatic N) is 3. The molecule has 1 fully saturated rings. The van der Waals surface area contributed by atoms with Gasteiger partial charge in [0.25, 0.3) is 5.56 Å². The minimum absolute atomic E-state index is 0.138. The van der Waals surface area contributed by atoms with Gasteiger partial charge in [-0.2, -0.15) is 0 Å². The number of piperidine rings is 1. The van der Waals surface area contributed by atoms with Crippen LogP contribution < -0.4 is 10.5 Å². The van der Waals surface area contributed by atoms with Crippen LogP contribution in [0, 0.1) is 5.92 Å². The summed E-state index contributed by atoms with van der Waals surface area (Å²) in [6, 6.07) is 14.5. The summed E-state index contributed by atoms with van der Waals surface area (Å²) in [6.45, 7) is 3.95. The van der Waals surface area contributed by atoms with E-state index in [9.17, 15) is 9.59 Å². The van der Waals surface area contributed by atoms with Crippen LogP contribution in [0.5, 0.6) is 0 Å². The highest BCUT2D eigenvalue weighted by atomic mass is 16.5. The highest BCUT2D eigenvalue weighted by molar-refractivity contribution is 5.94. The van der Waals surface area contributed by atoms with Crippen molar-refractivity contribution >= 4 is 22.8 Å². The largest absolute Gasteiger partial charge is 0.465 e. The summed E-state index contributed by atoms with van der Waals surface area (Å²) in [4.78, 5) is 32.3. The van der Waals surface area contributed by atoms with E-state index < -0.39 is 5.97 Å². The molecule has 0 N–H and O–H groups in total. The Bertz CT molecular complexity index is 1070. The lowest BCUT2D eigenvalue weighted by Crippen LogP contribution is -2.38. The van der Waals surface area contributed by atoms with Gasteiger partial charge in [0.1, 0.15) is 0 Å². The average molecular weight is 377 g/mol. The number of carbonyl (C=O) groups is 1. The predicted molar refractivity (Wildman–Crippen MR) is 109 cm³/mol. The van der Waals surface area contributed by atoms with Gasteiger partial charge in [-0.1, -0.05) is 25.1 Å². The van der Waals surface area contributed by atoms with Crippen molar-refractivity contribution in [2.75, 3.05) is 25.1 Å². The van der Waals surface area contributed by atoms with Crippen molar-refractivity contribution in [2.24, 2.45) is 5.92 Å². The van der Waals surface area contributed by atoms with Crippen LogP contribution >= 0.6 is 0 Å². The van der Waals surface area contributed by atoms with Crippen molar-refractivity contribution in [1.82, 2.24) is 9.55 Å². The molecular weight excluding hydrogens is 354 g/mol. The Morgan fingerprint density at radius 3 is 2.50 bits per heavy atom. The van der Waals surface area contributed by atoms with Gasteiger partial charge in [-0.05, 0) is 49.1 Å². The molecule has 0 unspecified atom stereocenters. The van der Waals surface area contributed by atoms with Crippen LogP contribution in [-0.4, -0.2) is 35.7 Å². The van der Waals surface area contributed by atoms with Crippen molar-refractivity contribution in [3.8, 4) is 5.69 Å². The van der Waals surface area contributed by atoms with E-state index in [1.165, 1.54) is 7.11 Å². The molecule has 1 aliphatic heterocycles. The predicted octanol–water partition coefficient (Wildman–Crippen LogP) is 3.41. The van der Waals surface area contributed by atoms with Gasteiger partial charge >= 0.3 is 5.97 Å². The van der Waals surface area contributed by atoms with E-state index in [4.69, 9.17) is 9.72 Å². The van der Waals surface area contributed by atoms with Gasteiger partial charge in [0.15, 0.2) is 0 Å². The molecule has 0 radical (unpaired) electrons. The maximum atomic E-state index is 13.4. The molecule has 144 valence electrons. The van der Waals surface area contributed by atoms with Gasteiger partial charge in [-0.25, -0.2) is 14.3 Å². The molecule has 0 saturated carbocycles. The highest BCUT2D eigenvalue weighted by Gasteiger charge is 2.23. The van der Waals surface area contributed by atoms with E-state index in [2.05, 4.69) is 11.8 Å². The molecule has 6 heteroatoms. The van der Waals surface area contributed by atoms with E-state index in [1.54, 1.807) is 22.8 Å². The summed E-state index contributed by atoms with van der Waals surface area (Å²) >= 11 is 0. The molecule has 2 heterocycles. The van der Waals surface area contributed by atoms with Crippen LogP contribution in [0.1, 0.15) is 30.1 Å². The van der Waals surface area contributed by atoms with Gasteiger partial charge in [-0.15, -0.1) is 0 Å². The summed E-state index contributed by atoms with van der Waals surface area (Å²) < 4.78 is 6.48. The number of rotatable bonds is 3. The minimum atomic E-state index is -0.440. The van der Waals surface area contributed by atoms with Crippen molar-refractivity contribution in [1.29, 1.82) is 0 Å². The fourth-order valence-electron chi connectivity index (χ4n) is 3.65. The first-order valence-corrected chi connectivity index (χ1v) is 9.54. The molecule has 1 aromatic heterocycles. The van der Waals surface area contributed by atoms with Crippen LogP contribution in [-0.2, 0) is 4.74 Å². The third kappa shape index (κ3) is 3.26. The summed E-state index contributed by atoms with van der Waals surface area (Å²) in [5.74, 6) is 0.849. The van der Waals surface area contributed by atoms with E-state index >= 15 is 0 Å². The molecule has 6 nitrogen and oxygen atoms in total. The van der Waals surface area contributed by atoms with Gasteiger partial charge in [0.2, 0.25) is 5.95 Å². The summed E-state index contributed by atoms with van der Waals surface area (Å²) in [7, 11) is 1.34. The third-order valence-corrected chi connectivity index (χ3v) is 5.35. The maximum Gasteiger partial charge on any atom is 0.337 e. The van der Waals surface area contributed by atoms with Gasteiger partial charge in [0.05, 0.1) is 29.3 Å². The lowest BCUT2D eigenvalue weighted by atomic mass is 9.99. The minimum Gasteiger partial charge on any atom is -0.465 e. The zero-order valence-corrected chi connectivity index (χ0v) is 16.1. The summed E-state index contributed by atoms with van der Waals surface area (Å²) in [5, 5.41) is 0.477. The number of esters is 1. The van der Waals surface area contributed by atoms with Crippen LogP contribution in [0.2, 0.25) is 0 Å². The molecule has 1 saturated heterocycles. The van der Waals surface area contributed by atoms with E-state index in [0.29, 0.717) is 28.3 Å². The fraction of sp³-hybridized carbons (Fsp3) is 0.318. The summed E-state index contributed by atoms with van der Waals surface area (Å²) in [6.07, 6.45) is 2.12. The standard InChI is InChI=1S/C22H23N3O3/c1-15-10-12-24(13-11-15)22-23-19-14-16(21(27)28-2)8-9-18(19)20(26)25(22)17-6-4-3-5-7-17/h3-9,14-15H,10-13H2,1-2H3. The normalized spacial score (nSPS) is 15.0. The number of aromatic nitrogens is 2. The zero-order valence-electron chi connectivity index (χ0n) is 16.1. The van der Waals surface area contributed by atoms with Gasteiger partial charge in [0, 0.05) is 13.1 Å². The molecule has 0 aliphatic carbocycles. The number of hydrogen-bond donors (Lipinski definition) is 0. The third-order valence-electron chi connectivity index (χ3n) is 5.35. The van der Waals surface area contributed by atoms with E-state index in [-0.39, 0.29) is 5.56 Å². The van der Waals surface area contributed by atoms with Crippen LogP contribution in [0.3, 0.4) is 0 Å². The first-order chi connectivity index (χ1) is 13.6. The van der Waals surface area contributed by atoms with Crippen molar-refractivity contribution in [2.45, 2.75) is 19.8 Å². The number of fused-ring (bicyclic) bond motifs is 1. The number of anilines is 1. The lowest BCUT2D eigenvalue weighted by Gasteiger charge is -2.32. The maximum absolute atomic E-state index is 13.4. The van der Waals surface area contributed by atoms with Crippen LogP contribution in [0.4, 0.5) is 5.95 Å². The van der Waals surface area contributed by atoms with Crippen molar-refractivity contribution in [3.63, 3.8) is 0 Å². The number of methoxy groups -OCH3 is 1. The second-order valence-electron chi connectivity index (χ2n) is 7.28. The summed E-state index contributed by atoms with van der Waals surface area (Å²) in [5.41, 5.74) is 1.54. The SMILES string of the molecule is COC(=O)c1ccc2c(=O)n(-c3ccccc3)c(N3CCC(C)CC3)nc2c1. The Labute approximate surface area is 163 Å². The first kappa shape index (κ1) is 18.2. The monoisotopic (exact) mass is 377 g/mol. The Morgan fingerprint density at radius 1 is 1.11 bits per heavy atom. The van der Waals surface area contributed by atoms with E-state index in [1.807, 2.05) is 30.3 Å². The second-order valence-corrected chi connectivity index (χ2v) is 7.28. The molecule has 0 bridgehead atoms. The second kappa shape index (κ2) is 7.46. The topological polar surface area (TPSA) is 64.4 Å². The lowest BCUT2D eigenvalue weighted by molar-refractivity contribution is 0.0601. The van der Waals surface area contributed by atoms with Gasteiger partial charge in [-0.3, -0.25) is 4.79 Å². The Balaban J connectivity index is 1.94. The molecule has 0 spiro atoms. The van der Waals surface area contributed by atoms with Crippen molar-refractivity contribution < 1.29 is 9.53 Å². The number of ether oxygens (including phenoxy) is 1. The van der Waals surface area contributed by atoms with E-state index in [0.717, 1.165) is 31.6 Å². The average Bonchev–Trinajstić information content (AvgIpc) is 2.74. The molecule has 28 heavy (non-hydrogen) atoms. The molecule has 4 rings (SSSR count). The smallest absolute Gasteiger partial charge is 0.337 e. The molecule has 0 amide bonds. The number of carbonyl (C=O) groups excluding carboxylic acids is 1. The Kier molecular flexibility index (Phi) is 4.86. The Hall–Kier alpha value is -3.15. The fourth-order valence-corrected chi connectivity index (χ4v) is 3.65. The molecule has 3 aromatic rings. The van der Waals surface area contributed by atoms with Crippen LogP contribution in [0.15, 0.2) is 53.3 Å². The molecule has 2 aromatic carbocycles. The van der Waals surface area contributed by atoms with Crippen molar-refractivity contribution in [3.05, 3.63) is 64.4 Å². The number of para-hydroxylation sites is 1. The number of hydrogen-bond acceptors (Lipinski definition) is 5. The first-order valence-electron chi connectivity index (χ1n) is 9.54. The quantitative estimate of drug-likeness (QED) is 0.655. The molecular formula is C22H23N3O3. The molecule has 1 aliphatic rings. The van der Waals surface area contributed by atoms with Crippen LogP contribution in [0.25, 0.3) is 16.6 Å². The molecule has 0 atom stereocenters.